The van der Waals surface area contributed by atoms with Gasteiger partial charge in [-0.05, 0) is 43.8 Å². The van der Waals surface area contributed by atoms with Gasteiger partial charge < -0.3 is 10.2 Å². The molecule has 21 heavy (non-hydrogen) atoms. The molecule has 1 aliphatic heterocycles. The van der Waals surface area contributed by atoms with Gasteiger partial charge in [0.05, 0.1) is 5.69 Å². The fraction of sp³-hybridized carbons (Fsp3) is 0.800. The SMILES string of the molecule is CCCc1nnsc1C(=O)N(CCC)CC1CCCCN1. The van der Waals surface area contributed by atoms with Crippen LogP contribution in [0.25, 0.3) is 0 Å². The molecule has 1 amide bonds. The van der Waals surface area contributed by atoms with Crippen molar-refractivity contribution >= 4 is 17.4 Å². The van der Waals surface area contributed by atoms with Crippen LogP contribution in [0.4, 0.5) is 0 Å². The van der Waals surface area contributed by atoms with Crippen LogP contribution in [0.2, 0.25) is 0 Å². The van der Waals surface area contributed by atoms with E-state index in [1.165, 1.54) is 24.4 Å². The van der Waals surface area contributed by atoms with E-state index in [0.717, 1.165) is 55.9 Å². The molecule has 0 aromatic carbocycles. The highest BCUT2D eigenvalue weighted by Gasteiger charge is 2.24. The van der Waals surface area contributed by atoms with Gasteiger partial charge in [-0.1, -0.05) is 31.2 Å². The van der Waals surface area contributed by atoms with Gasteiger partial charge in [-0.3, -0.25) is 4.79 Å². The van der Waals surface area contributed by atoms with E-state index in [2.05, 4.69) is 28.8 Å². The fourth-order valence-electron chi connectivity index (χ4n) is 2.81. The molecule has 1 aliphatic rings. The Morgan fingerprint density at radius 3 is 2.90 bits per heavy atom. The summed E-state index contributed by atoms with van der Waals surface area (Å²) in [6, 6.07) is 0.435. The Balaban J connectivity index is 2.05. The van der Waals surface area contributed by atoms with E-state index in [9.17, 15) is 4.79 Å². The number of rotatable bonds is 7. The van der Waals surface area contributed by atoms with Crippen molar-refractivity contribution in [1.82, 2.24) is 19.8 Å². The molecular weight excluding hydrogens is 284 g/mol. The van der Waals surface area contributed by atoms with Crippen LogP contribution in [0, 0.1) is 0 Å². The largest absolute Gasteiger partial charge is 0.336 e. The van der Waals surface area contributed by atoms with Crippen molar-refractivity contribution in [3.05, 3.63) is 10.6 Å². The molecule has 0 aliphatic carbocycles. The fourth-order valence-corrected chi connectivity index (χ4v) is 3.48. The van der Waals surface area contributed by atoms with E-state index in [4.69, 9.17) is 0 Å². The third kappa shape index (κ3) is 4.48. The highest BCUT2D eigenvalue weighted by molar-refractivity contribution is 7.08. The molecule has 0 bridgehead atoms. The molecule has 1 N–H and O–H groups in total. The quantitative estimate of drug-likeness (QED) is 0.840. The Bertz CT molecular complexity index is 443. The summed E-state index contributed by atoms with van der Waals surface area (Å²) in [5.74, 6) is 0.114. The zero-order valence-electron chi connectivity index (χ0n) is 13.1. The number of hydrogen-bond donors (Lipinski definition) is 1. The Kier molecular flexibility index (Phi) is 6.57. The minimum atomic E-state index is 0.114. The number of hydrogen-bond acceptors (Lipinski definition) is 5. The third-order valence-electron chi connectivity index (χ3n) is 3.87. The average Bonchev–Trinajstić information content (AvgIpc) is 2.96. The zero-order chi connectivity index (χ0) is 15.1. The van der Waals surface area contributed by atoms with Crippen LogP contribution in [-0.2, 0) is 6.42 Å². The van der Waals surface area contributed by atoms with Gasteiger partial charge in [0.2, 0.25) is 0 Å². The van der Waals surface area contributed by atoms with Crippen molar-refractivity contribution in [2.75, 3.05) is 19.6 Å². The number of carbonyl (C=O) groups excluding carboxylic acids is 1. The Labute approximate surface area is 131 Å². The van der Waals surface area contributed by atoms with E-state index < -0.39 is 0 Å². The number of amides is 1. The van der Waals surface area contributed by atoms with Crippen LogP contribution < -0.4 is 5.32 Å². The second kappa shape index (κ2) is 8.44. The predicted molar refractivity (Wildman–Crippen MR) is 85.7 cm³/mol. The first-order chi connectivity index (χ1) is 10.3. The molecule has 118 valence electrons. The number of nitrogens with zero attached hydrogens (tertiary/aromatic N) is 3. The number of aryl methyl sites for hydroxylation is 1. The summed E-state index contributed by atoms with van der Waals surface area (Å²) >= 11 is 1.24. The van der Waals surface area contributed by atoms with Crippen molar-refractivity contribution in [3.8, 4) is 0 Å². The predicted octanol–water partition coefficient (Wildman–Crippen LogP) is 2.48. The highest BCUT2D eigenvalue weighted by Crippen LogP contribution is 2.17. The van der Waals surface area contributed by atoms with Crippen LogP contribution >= 0.6 is 11.5 Å². The second-order valence-electron chi connectivity index (χ2n) is 5.70. The minimum Gasteiger partial charge on any atom is -0.336 e. The summed E-state index contributed by atoms with van der Waals surface area (Å²) in [6.45, 7) is 6.90. The number of nitrogens with one attached hydrogen (secondary N) is 1. The van der Waals surface area contributed by atoms with Crippen molar-refractivity contribution in [2.24, 2.45) is 0 Å². The molecule has 6 heteroatoms. The van der Waals surface area contributed by atoms with Gasteiger partial charge in [-0.15, -0.1) is 5.10 Å². The minimum absolute atomic E-state index is 0.114. The van der Waals surface area contributed by atoms with E-state index in [1.807, 2.05) is 4.90 Å². The van der Waals surface area contributed by atoms with Gasteiger partial charge in [0.1, 0.15) is 4.88 Å². The van der Waals surface area contributed by atoms with E-state index >= 15 is 0 Å². The summed E-state index contributed by atoms with van der Waals surface area (Å²) in [5.41, 5.74) is 0.866. The number of piperidine rings is 1. The lowest BCUT2D eigenvalue weighted by Gasteiger charge is -2.30. The summed E-state index contributed by atoms with van der Waals surface area (Å²) in [7, 11) is 0. The molecule has 0 spiro atoms. The standard InChI is InChI=1S/C15H26N4OS/c1-3-7-13-14(21-18-17-13)15(20)19(10-4-2)11-12-8-5-6-9-16-12/h12,16H,3-11H2,1-2H3. The van der Waals surface area contributed by atoms with E-state index in [0.29, 0.717) is 6.04 Å². The summed E-state index contributed by atoms with van der Waals surface area (Å²) in [4.78, 5) is 15.5. The molecule has 1 unspecified atom stereocenters. The van der Waals surface area contributed by atoms with Crippen LogP contribution in [-0.4, -0.2) is 46.1 Å². The average molecular weight is 310 g/mol. The summed E-state index contributed by atoms with van der Waals surface area (Å²) in [6.07, 6.45) is 6.47. The van der Waals surface area contributed by atoms with Crippen molar-refractivity contribution in [1.29, 1.82) is 0 Å². The molecular formula is C15H26N4OS. The first-order valence-corrected chi connectivity index (χ1v) is 8.87. The molecule has 2 heterocycles. The Morgan fingerprint density at radius 2 is 2.24 bits per heavy atom. The molecule has 1 aromatic rings. The topological polar surface area (TPSA) is 58.1 Å². The van der Waals surface area contributed by atoms with Crippen molar-refractivity contribution in [3.63, 3.8) is 0 Å². The third-order valence-corrected chi connectivity index (χ3v) is 4.63. The number of carbonyl (C=O) groups is 1. The van der Waals surface area contributed by atoms with Crippen LogP contribution in [0.1, 0.15) is 61.3 Å². The Hall–Kier alpha value is -1.01. The highest BCUT2D eigenvalue weighted by atomic mass is 32.1. The van der Waals surface area contributed by atoms with Crippen LogP contribution in [0.5, 0.6) is 0 Å². The molecule has 0 radical (unpaired) electrons. The maximum absolute atomic E-state index is 12.8. The smallest absolute Gasteiger partial charge is 0.267 e. The van der Waals surface area contributed by atoms with Gasteiger partial charge in [-0.25, -0.2) is 0 Å². The van der Waals surface area contributed by atoms with Gasteiger partial charge in [-0.2, -0.15) is 0 Å². The summed E-state index contributed by atoms with van der Waals surface area (Å²) in [5, 5.41) is 7.65. The zero-order valence-corrected chi connectivity index (χ0v) is 13.9. The van der Waals surface area contributed by atoms with E-state index in [-0.39, 0.29) is 5.91 Å². The molecule has 2 rings (SSSR count). The molecule has 1 aromatic heterocycles. The van der Waals surface area contributed by atoms with Crippen LogP contribution in [0.3, 0.4) is 0 Å². The Morgan fingerprint density at radius 1 is 1.38 bits per heavy atom. The lowest BCUT2D eigenvalue weighted by atomic mass is 10.0. The van der Waals surface area contributed by atoms with Gasteiger partial charge >= 0.3 is 0 Å². The maximum Gasteiger partial charge on any atom is 0.267 e. The molecule has 1 fully saturated rings. The first-order valence-electron chi connectivity index (χ1n) is 8.10. The normalized spacial score (nSPS) is 18.7. The molecule has 1 saturated heterocycles. The molecule has 0 saturated carbocycles. The molecule has 5 nitrogen and oxygen atoms in total. The van der Waals surface area contributed by atoms with Gasteiger partial charge in [0.15, 0.2) is 0 Å². The maximum atomic E-state index is 12.8. The summed E-state index contributed by atoms with van der Waals surface area (Å²) < 4.78 is 3.98. The van der Waals surface area contributed by atoms with Crippen LogP contribution in [0.15, 0.2) is 0 Å². The van der Waals surface area contributed by atoms with Crippen molar-refractivity contribution in [2.45, 2.75) is 58.4 Å². The van der Waals surface area contributed by atoms with Crippen molar-refractivity contribution < 1.29 is 4.79 Å². The first kappa shape index (κ1) is 16.4. The second-order valence-corrected chi connectivity index (χ2v) is 6.45. The molecule has 1 atom stereocenters. The van der Waals surface area contributed by atoms with Gasteiger partial charge in [0, 0.05) is 19.1 Å². The van der Waals surface area contributed by atoms with E-state index in [1.54, 1.807) is 0 Å². The lowest BCUT2D eigenvalue weighted by molar-refractivity contribution is 0.0735. The number of aromatic nitrogens is 2. The van der Waals surface area contributed by atoms with Gasteiger partial charge in [0.25, 0.3) is 5.91 Å². The monoisotopic (exact) mass is 310 g/mol. The lowest BCUT2D eigenvalue weighted by Crippen LogP contribution is -2.46.